The number of carboxylic acids is 1. The van der Waals surface area contributed by atoms with Crippen molar-refractivity contribution in [3.05, 3.63) is 0 Å². The van der Waals surface area contributed by atoms with Crippen molar-refractivity contribution in [3.8, 4) is 0 Å². The predicted octanol–water partition coefficient (Wildman–Crippen LogP) is 2.66. The molecule has 1 saturated carbocycles. The van der Waals surface area contributed by atoms with Crippen molar-refractivity contribution in [1.29, 1.82) is 0 Å². The SMILES string of the molecule is CC(CCNCCC1CCCCC1)C(=O)O. The van der Waals surface area contributed by atoms with Gasteiger partial charge in [0.2, 0.25) is 0 Å². The van der Waals surface area contributed by atoms with E-state index < -0.39 is 5.97 Å². The summed E-state index contributed by atoms with van der Waals surface area (Å²) in [7, 11) is 0. The Bertz CT molecular complexity index is 200. The van der Waals surface area contributed by atoms with Gasteiger partial charge in [-0.25, -0.2) is 0 Å². The van der Waals surface area contributed by atoms with E-state index >= 15 is 0 Å². The Balaban J connectivity index is 1.93. The smallest absolute Gasteiger partial charge is 0.306 e. The fourth-order valence-corrected chi connectivity index (χ4v) is 2.35. The normalized spacial score (nSPS) is 19.6. The molecule has 0 aromatic carbocycles. The van der Waals surface area contributed by atoms with Gasteiger partial charge in [-0.2, -0.15) is 0 Å². The van der Waals surface area contributed by atoms with Crippen LogP contribution in [0.25, 0.3) is 0 Å². The lowest BCUT2D eigenvalue weighted by atomic mass is 9.87. The van der Waals surface area contributed by atoms with Crippen LogP contribution in [0.4, 0.5) is 0 Å². The molecule has 0 radical (unpaired) electrons. The summed E-state index contributed by atoms with van der Waals surface area (Å²) in [5.74, 6) is 0.00871. The van der Waals surface area contributed by atoms with Gasteiger partial charge in [-0.05, 0) is 31.8 Å². The second-order valence-electron chi connectivity index (χ2n) is 5.07. The van der Waals surface area contributed by atoms with Crippen LogP contribution in [-0.4, -0.2) is 24.2 Å². The molecule has 1 atom stereocenters. The largest absolute Gasteiger partial charge is 0.481 e. The molecule has 0 amide bonds. The Morgan fingerprint density at radius 2 is 2.00 bits per heavy atom. The summed E-state index contributed by atoms with van der Waals surface area (Å²) in [5, 5.41) is 12.1. The molecule has 0 saturated heterocycles. The Kier molecular flexibility index (Phi) is 6.46. The number of aliphatic carboxylic acids is 1. The van der Waals surface area contributed by atoms with Gasteiger partial charge in [-0.3, -0.25) is 4.79 Å². The first-order chi connectivity index (χ1) is 7.70. The van der Waals surface area contributed by atoms with Crippen molar-refractivity contribution < 1.29 is 9.90 Å². The summed E-state index contributed by atoms with van der Waals surface area (Å²) in [6.07, 6.45) is 9.02. The molecule has 1 fully saturated rings. The summed E-state index contributed by atoms with van der Waals surface area (Å²) >= 11 is 0. The average Bonchev–Trinajstić information content (AvgIpc) is 2.29. The third-order valence-electron chi connectivity index (χ3n) is 3.63. The average molecular weight is 227 g/mol. The van der Waals surface area contributed by atoms with Crippen LogP contribution in [0, 0.1) is 11.8 Å². The fraction of sp³-hybridized carbons (Fsp3) is 0.923. The van der Waals surface area contributed by atoms with Gasteiger partial charge in [0, 0.05) is 0 Å². The van der Waals surface area contributed by atoms with E-state index in [1.165, 1.54) is 38.5 Å². The third-order valence-corrected chi connectivity index (χ3v) is 3.63. The molecule has 0 aromatic rings. The molecule has 1 aliphatic carbocycles. The highest BCUT2D eigenvalue weighted by Gasteiger charge is 2.13. The number of hydrogen-bond acceptors (Lipinski definition) is 2. The van der Waals surface area contributed by atoms with Crippen molar-refractivity contribution in [2.75, 3.05) is 13.1 Å². The summed E-state index contributed by atoms with van der Waals surface area (Å²) in [5.41, 5.74) is 0. The number of carboxylic acid groups (broad SMARTS) is 1. The van der Waals surface area contributed by atoms with E-state index in [0.717, 1.165) is 25.4 Å². The van der Waals surface area contributed by atoms with Crippen molar-refractivity contribution in [2.24, 2.45) is 11.8 Å². The van der Waals surface area contributed by atoms with Gasteiger partial charge in [0.15, 0.2) is 0 Å². The van der Waals surface area contributed by atoms with Gasteiger partial charge in [-0.1, -0.05) is 39.0 Å². The number of carbonyl (C=O) groups is 1. The second-order valence-corrected chi connectivity index (χ2v) is 5.07. The van der Waals surface area contributed by atoms with Gasteiger partial charge >= 0.3 is 5.97 Å². The van der Waals surface area contributed by atoms with Gasteiger partial charge in [0.25, 0.3) is 0 Å². The quantitative estimate of drug-likeness (QED) is 0.657. The summed E-state index contributed by atoms with van der Waals surface area (Å²) in [4.78, 5) is 10.6. The molecule has 0 aliphatic heterocycles. The maximum atomic E-state index is 10.6. The first-order valence-corrected chi connectivity index (χ1v) is 6.63. The lowest BCUT2D eigenvalue weighted by Crippen LogP contribution is -2.23. The molecular weight excluding hydrogens is 202 g/mol. The molecule has 1 unspecified atom stereocenters. The zero-order valence-electron chi connectivity index (χ0n) is 10.4. The molecule has 1 aliphatic rings. The minimum Gasteiger partial charge on any atom is -0.481 e. The van der Waals surface area contributed by atoms with Crippen LogP contribution in [0.2, 0.25) is 0 Å². The van der Waals surface area contributed by atoms with Gasteiger partial charge in [-0.15, -0.1) is 0 Å². The maximum Gasteiger partial charge on any atom is 0.306 e. The standard InChI is InChI=1S/C13H25NO2/c1-11(13(15)16)7-9-14-10-8-12-5-3-2-4-6-12/h11-12,14H,2-10H2,1H3,(H,15,16). The fourth-order valence-electron chi connectivity index (χ4n) is 2.35. The van der Waals surface area contributed by atoms with Gasteiger partial charge in [0.05, 0.1) is 5.92 Å². The Morgan fingerprint density at radius 3 is 2.62 bits per heavy atom. The molecular formula is C13H25NO2. The van der Waals surface area contributed by atoms with Crippen LogP contribution < -0.4 is 5.32 Å². The number of hydrogen-bond donors (Lipinski definition) is 2. The molecule has 0 heterocycles. The van der Waals surface area contributed by atoms with Crippen LogP contribution in [-0.2, 0) is 4.79 Å². The molecule has 94 valence electrons. The summed E-state index contributed by atoms with van der Waals surface area (Å²) in [6, 6.07) is 0. The second kappa shape index (κ2) is 7.66. The Morgan fingerprint density at radius 1 is 1.31 bits per heavy atom. The van der Waals surface area contributed by atoms with E-state index in [4.69, 9.17) is 5.11 Å². The van der Waals surface area contributed by atoms with Crippen LogP contribution in [0.15, 0.2) is 0 Å². The Hall–Kier alpha value is -0.570. The zero-order chi connectivity index (χ0) is 11.8. The lowest BCUT2D eigenvalue weighted by molar-refractivity contribution is -0.141. The highest BCUT2D eigenvalue weighted by atomic mass is 16.4. The van der Waals surface area contributed by atoms with E-state index in [1.807, 2.05) is 0 Å². The van der Waals surface area contributed by atoms with Gasteiger partial charge in [0.1, 0.15) is 0 Å². The van der Waals surface area contributed by atoms with Crippen LogP contribution in [0.1, 0.15) is 51.9 Å². The van der Waals surface area contributed by atoms with Crippen molar-refractivity contribution in [3.63, 3.8) is 0 Å². The highest BCUT2D eigenvalue weighted by molar-refractivity contribution is 5.69. The zero-order valence-corrected chi connectivity index (χ0v) is 10.4. The minimum atomic E-state index is -0.686. The summed E-state index contributed by atoms with van der Waals surface area (Å²) in [6.45, 7) is 3.66. The monoisotopic (exact) mass is 227 g/mol. The number of nitrogens with one attached hydrogen (secondary N) is 1. The van der Waals surface area contributed by atoms with E-state index in [1.54, 1.807) is 6.92 Å². The molecule has 16 heavy (non-hydrogen) atoms. The van der Waals surface area contributed by atoms with E-state index in [9.17, 15) is 4.79 Å². The molecule has 1 rings (SSSR count). The van der Waals surface area contributed by atoms with E-state index in [2.05, 4.69) is 5.32 Å². The lowest BCUT2D eigenvalue weighted by Gasteiger charge is -2.21. The van der Waals surface area contributed by atoms with Crippen LogP contribution >= 0.6 is 0 Å². The first-order valence-electron chi connectivity index (χ1n) is 6.63. The van der Waals surface area contributed by atoms with Crippen molar-refractivity contribution in [1.82, 2.24) is 5.32 Å². The van der Waals surface area contributed by atoms with Crippen LogP contribution in [0.5, 0.6) is 0 Å². The summed E-state index contributed by atoms with van der Waals surface area (Å²) < 4.78 is 0. The Labute approximate surface area is 98.6 Å². The third kappa shape index (κ3) is 5.50. The minimum absolute atomic E-state index is 0.220. The van der Waals surface area contributed by atoms with E-state index in [-0.39, 0.29) is 5.92 Å². The topological polar surface area (TPSA) is 49.3 Å². The van der Waals surface area contributed by atoms with Gasteiger partial charge < -0.3 is 10.4 Å². The molecule has 3 nitrogen and oxygen atoms in total. The van der Waals surface area contributed by atoms with Crippen molar-refractivity contribution in [2.45, 2.75) is 51.9 Å². The van der Waals surface area contributed by atoms with E-state index in [0.29, 0.717) is 0 Å². The predicted molar refractivity (Wildman–Crippen MR) is 65.5 cm³/mol. The molecule has 0 aromatic heterocycles. The molecule has 2 N–H and O–H groups in total. The molecule has 3 heteroatoms. The van der Waals surface area contributed by atoms with Crippen LogP contribution in [0.3, 0.4) is 0 Å². The highest BCUT2D eigenvalue weighted by Crippen LogP contribution is 2.25. The molecule has 0 bridgehead atoms. The number of rotatable bonds is 7. The van der Waals surface area contributed by atoms with Crippen molar-refractivity contribution >= 4 is 5.97 Å². The molecule has 0 spiro atoms. The maximum absolute atomic E-state index is 10.6. The first kappa shape index (κ1) is 13.5.